The zero-order valence-corrected chi connectivity index (χ0v) is 14.4. The molecule has 1 aromatic carbocycles. The molecule has 3 rings (SSSR count). The summed E-state index contributed by atoms with van der Waals surface area (Å²) in [6, 6.07) is 6.99. The zero-order chi connectivity index (χ0) is 17.0. The van der Waals surface area contributed by atoms with Crippen LogP contribution in [0.15, 0.2) is 24.3 Å². The number of piperidine rings is 1. The van der Waals surface area contributed by atoms with Gasteiger partial charge >= 0.3 is 6.03 Å². The summed E-state index contributed by atoms with van der Waals surface area (Å²) in [7, 11) is 1.60. The summed E-state index contributed by atoms with van der Waals surface area (Å²) in [5.74, 6) is -0.150. The van der Waals surface area contributed by atoms with Crippen molar-refractivity contribution in [1.82, 2.24) is 10.2 Å². The standard InChI is InChI=1S/C19H27N3O2/c1-20-17(23)15-6-5-7-16(14-15)21-18(24)22-12-10-19(11-13-22)8-3-2-4-9-19/h5-7,14H,2-4,8-13H2,1H3,(H,20,23)(H,21,24). The molecule has 3 amide bonds. The lowest BCUT2D eigenvalue weighted by molar-refractivity contribution is 0.0849. The van der Waals surface area contributed by atoms with Gasteiger partial charge in [0.2, 0.25) is 0 Å². The van der Waals surface area contributed by atoms with E-state index < -0.39 is 0 Å². The summed E-state index contributed by atoms with van der Waals surface area (Å²) in [4.78, 5) is 26.1. The van der Waals surface area contributed by atoms with Crippen LogP contribution in [0.3, 0.4) is 0 Å². The third-order valence-electron chi connectivity index (χ3n) is 5.63. The molecule has 1 aliphatic heterocycles. The van der Waals surface area contributed by atoms with Crippen LogP contribution in [0.5, 0.6) is 0 Å². The van der Waals surface area contributed by atoms with E-state index >= 15 is 0 Å². The van der Waals surface area contributed by atoms with Crippen LogP contribution in [-0.2, 0) is 0 Å². The molecule has 0 unspecified atom stereocenters. The van der Waals surface area contributed by atoms with Gasteiger partial charge in [0.1, 0.15) is 0 Å². The van der Waals surface area contributed by atoms with Gasteiger partial charge in [0.05, 0.1) is 0 Å². The number of benzene rings is 1. The van der Waals surface area contributed by atoms with Gasteiger partial charge in [-0.15, -0.1) is 0 Å². The highest BCUT2D eigenvalue weighted by Gasteiger charge is 2.36. The first-order valence-electron chi connectivity index (χ1n) is 9.00. The summed E-state index contributed by atoms with van der Waals surface area (Å²) in [6.07, 6.45) is 8.97. The number of nitrogens with zero attached hydrogens (tertiary/aromatic N) is 1. The fourth-order valence-electron chi connectivity index (χ4n) is 4.07. The number of likely N-dealkylation sites (tertiary alicyclic amines) is 1. The van der Waals surface area contributed by atoms with Gasteiger partial charge < -0.3 is 15.5 Å². The predicted molar refractivity (Wildman–Crippen MR) is 95.2 cm³/mol. The monoisotopic (exact) mass is 329 g/mol. The summed E-state index contributed by atoms with van der Waals surface area (Å²) in [6.45, 7) is 1.67. The second-order valence-corrected chi connectivity index (χ2v) is 7.14. The number of anilines is 1. The third-order valence-corrected chi connectivity index (χ3v) is 5.63. The number of hydrogen-bond donors (Lipinski definition) is 2. The highest BCUT2D eigenvalue weighted by Crippen LogP contribution is 2.44. The molecule has 0 aromatic heterocycles. The van der Waals surface area contributed by atoms with Crippen molar-refractivity contribution in [2.75, 3.05) is 25.5 Å². The Kier molecular flexibility index (Phi) is 5.07. The van der Waals surface area contributed by atoms with Crippen molar-refractivity contribution in [3.8, 4) is 0 Å². The molecule has 1 spiro atoms. The number of carbonyl (C=O) groups excluding carboxylic acids is 2. The average Bonchev–Trinajstić information content (AvgIpc) is 2.62. The van der Waals surface area contributed by atoms with Crippen molar-refractivity contribution in [2.24, 2.45) is 5.41 Å². The van der Waals surface area contributed by atoms with Crippen LogP contribution in [0.4, 0.5) is 10.5 Å². The Bertz CT molecular complexity index is 598. The number of urea groups is 1. The lowest BCUT2D eigenvalue weighted by atomic mass is 9.68. The smallest absolute Gasteiger partial charge is 0.321 e. The minimum absolute atomic E-state index is 0.0604. The van der Waals surface area contributed by atoms with Gasteiger partial charge in [0.25, 0.3) is 5.91 Å². The molecular weight excluding hydrogens is 302 g/mol. The molecule has 1 saturated carbocycles. The highest BCUT2D eigenvalue weighted by atomic mass is 16.2. The number of amides is 3. The first-order chi connectivity index (χ1) is 11.6. The van der Waals surface area contributed by atoms with Gasteiger partial charge in [0, 0.05) is 31.4 Å². The number of rotatable bonds is 2. The normalized spacial score (nSPS) is 19.8. The molecule has 0 atom stereocenters. The van der Waals surface area contributed by atoms with E-state index in [0.717, 1.165) is 25.9 Å². The lowest BCUT2D eigenvalue weighted by Gasteiger charge is -2.44. The van der Waals surface area contributed by atoms with Crippen LogP contribution in [0.1, 0.15) is 55.3 Å². The zero-order valence-electron chi connectivity index (χ0n) is 14.4. The van der Waals surface area contributed by atoms with E-state index in [4.69, 9.17) is 0 Å². The van der Waals surface area contributed by atoms with Gasteiger partial charge in [-0.25, -0.2) is 4.79 Å². The summed E-state index contributed by atoms with van der Waals surface area (Å²) >= 11 is 0. The summed E-state index contributed by atoms with van der Waals surface area (Å²) in [5.41, 5.74) is 1.71. The first kappa shape index (κ1) is 16.8. The fraction of sp³-hybridized carbons (Fsp3) is 0.579. The molecule has 5 heteroatoms. The van der Waals surface area contributed by atoms with Gasteiger partial charge in [-0.3, -0.25) is 4.79 Å². The maximum absolute atomic E-state index is 12.5. The minimum atomic E-state index is -0.150. The van der Waals surface area contributed by atoms with Gasteiger partial charge in [-0.1, -0.05) is 25.3 Å². The molecule has 0 radical (unpaired) electrons. The molecule has 24 heavy (non-hydrogen) atoms. The van der Waals surface area contributed by atoms with E-state index in [2.05, 4.69) is 10.6 Å². The fourth-order valence-corrected chi connectivity index (χ4v) is 4.07. The van der Waals surface area contributed by atoms with Crippen LogP contribution >= 0.6 is 0 Å². The van der Waals surface area contributed by atoms with Crippen LogP contribution in [0.2, 0.25) is 0 Å². The second-order valence-electron chi connectivity index (χ2n) is 7.14. The van der Waals surface area contributed by atoms with E-state index in [9.17, 15) is 9.59 Å². The molecular formula is C19H27N3O2. The molecule has 2 fully saturated rings. The van der Waals surface area contributed by atoms with Crippen molar-refractivity contribution < 1.29 is 9.59 Å². The first-order valence-corrected chi connectivity index (χ1v) is 9.00. The molecule has 1 heterocycles. The Morgan fingerprint density at radius 1 is 1.04 bits per heavy atom. The molecule has 2 aliphatic rings. The Balaban J connectivity index is 1.57. The quantitative estimate of drug-likeness (QED) is 0.870. The lowest BCUT2D eigenvalue weighted by Crippen LogP contribution is -2.45. The van der Waals surface area contributed by atoms with Gasteiger partial charge in [0.15, 0.2) is 0 Å². The molecule has 1 saturated heterocycles. The number of carbonyl (C=O) groups is 2. The Hall–Kier alpha value is -2.04. The van der Waals surface area contributed by atoms with Crippen LogP contribution in [0, 0.1) is 5.41 Å². The molecule has 1 aromatic rings. The average molecular weight is 329 g/mol. The minimum Gasteiger partial charge on any atom is -0.355 e. The SMILES string of the molecule is CNC(=O)c1cccc(NC(=O)N2CCC3(CCCCC3)CC2)c1. The molecule has 2 N–H and O–H groups in total. The van der Waals surface area contributed by atoms with Crippen LogP contribution in [-0.4, -0.2) is 37.0 Å². The van der Waals surface area contributed by atoms with E-state index in [1.54, 1.807) is 25.2 Å². The van der Waals surface area contributed by atoms with Crippen molar-refractivity contribution >= 4 is 17.6 Å². The van der Waals surface area contributed by atoms with Crippen molar-refractivity contribution in [3.05, 3.63) is 29.8 Å². The van der Waals surface area contributed by atoms with Crippen LogP contribution in [0.25, 0.3) is 0 Å². The predicted octanol–water partition coefficient (Wildman–Crippen LogP) is 3.62. The Morgan fingerprint density at radius 2 is 1.75 bits per heavy atom. The number of nitrogens with one attached hydrogen (secondary N) is 2. The maximum Gasteiger partial charge on any atom is 0.321 e. The van der Waals surface area contributed by atoms with E-state index in [0.29, 0.717) is 16.7 Å². The number of hydrogen-bond acceptors (Lipinski definition) is 2. The Morgan fingerprint density at radius 3 is 2.42 bits per heavy atom. The molecule has 130 valence electrons. The van der Waals surface area contributed by atoms with Crippen molar-refractivity contribution in [2.45, 2.75) is 44.9 Å². The van der Waals surface area contributed by atoms with Crippen LogP contribution < -0.4 is 10.6 Å². The largest absolute Gasteiger partial charge is 0.355 e. The third kappa shape index (κ3) is 3.71. The van der Waals surface area contributed by atoms with E-state index in [-0.39, 0.29) is 11.9 Å². The second kappa shape index (κ2) is 7.24. The van der Waals surface area contributed by atoms with Gasteiger partial charge in [-0.2, -0.15) is 0 Å². The van der Waals surface area contributed by atoms with E-state index in [1.807, 2.05) is 11.0 Å². The molecule has 5 nitrogen and oxygen atoms in total. The van der Waals surface area contributed by atoms with Gasteiger partial charge in [-0.05, 0) is 49.3 Å². The highest BCUT2D eigenvalue weighted by molar-refractivity contribution is 5.96. The topological polar surface area (TPSA) is 61.4 Å². The molecule has 1 aliphatic carbocycles. The maximum atomic E-state index is 12.5. The summed E-state index contributed by atoms with van der Waals surface area (Å²) < 4.78 is 0. The molecule has 0 bridgehead atoms. The van der Waals surface area contributed by atoms with Crippen molar-refractivity contribution in [3.63, 3.8) is 0 Å². The summed E-state index contributed by atoms with van der Waals surface area (Å²) in [5, 5.41) is 5.53. The Labute approximate surface area is 143 Å². The van der Waals surface area contributed by atoms with E-state index in [1.165, 1.54) is 32.1 Å². The van der Waals surface area contributed by atoms with Crippen molar-refractivity contribution in [1.29, 1.82) is 0 Å².